The molecule has 1 aliphatic heterocycles. The van der Waals surface area contributed by atoms with Crippen LogP contribution in [0.15, 0.2) is 23.7 Å². The van der Waals surface area contributed by atoms with Crippen LogP contribution in [0.4, 0.5) is 15.1 Å². The molecular weight excluding hydrogens is 349 g/mol. The number of hydrogen-bond acceptors (Lipinski definition) is 6. The van der Waals surface area contributed by atoms with Gasteiger partial charge in [0.05, 0.1) is 18.0 Å². The molecule has 7 nitrogen and oxygen atoms in total. The van der Waals surface area contributed by atoms with Crippen LogP contribution in [0.3, 0.4) is 0 Å². The zero-order valence-electron chi connectivity index (χ0n) is 13.2. The monoisotopic (exact) mass is 363 g/mol. The second kappa shape index (κ2) is 6.98. The summed E-state index contributed by atoms with van der Waals surface area (Å²) in [7, 11) is 0. The molecule has 1 aliphatic rings. The number of anilines is 2. The van der Waals surface area contributed by atoms with E-state index >= 15 is 0 Å². The molecule has 25 heavy (non-hydrogen) atoms. The number of ether oxygens (including phenoxy) is 1. The number of carbonyl (C=O) groups is 3. The molecule has 0 saturated carbocycles. The predicted octanol–water partition coefficient (Wildman–Crippen LogP) is 2.52. The van der Waals surface area contributed by atoms with E-state index in [1.54, 1.807) is 6.92 Å². The number of nitrogens with one attached hydrogen (secondary N) is 2. The van der Waals surface area contributed by atoms with Crippen molar-refractivity contribution in [3.8, 4) is 0 Å². The second-order valence-electron chi connectivity index (χ2n) is 5.28. The average Bonchev–Trinajstić information content (AvgIpc) is 3.02. The standard InChI is InChI=1S/C16H14FN3O4S/c1-2-24-16(23)13-15(25-7-18-13)20-14(22)10-6-12(21)19-11-5-8(17)3-4-9(10)11/h3-5,7,10H,2,6H2,1H3,(H,19,21)(H,20,22)/t10-/m1/s1. The van der Waals surface area contributed by atoms with Gasteiger partial charge in [0.25, 0.3) is 0 Å². The number of aromatic nitrogens is 1. The molecule has 0 fully saturated rings. The third kappa shape index (κ3) is 3.50. The highest BCUT2D eigenvalue weighted by molar-refractivity contribution is 7.14. The molecule has 2 N–H and O–H groups in total. The molecule has 130 valence electrons. The molecule has 1 aromatic heterocycles. The third-order valence-corrected chi connectivity index (χ3v) is 4.39. The van der Waals surface area contributed by atoms with Crippen molar-refractivity contribution in [1.82, 2.24) is 4.98 Å². The number of benzene rings is 1. The van der Waals surface area contributed by atoms with Crippen LogP contribution in [-0.2, 0) is 14.3 Å². The molecule has 2 heterocycles. The van der Waals surface area contributed by atoms with Gasteiger partial charge in [-0.1, -0.05) is 6.07 Å². The Hall–Kier alpha value is -2.81. The lowest BCUT2D eigenvalue weighted by Gasteiger charge is -2.24. The molecule has 1 atom stereocenters. The van der Waals surface area contributed by atoms with Crippen LogP contribution in [0.1, 0.15) is 35.3 Å². The van der Waals surface area contributed by atoms with Crippen LogP contribution in [0.2, 0.25) is 0 Å². The third-order valence-electron chi connectivity index (χ3n) is 3.64. The lowest BCUT2D eigenvalue weighted by atomic mass is 9.90. The predicted molar refractivity (Wildman–Crippen MR) is 89.1 cm³/mol. The Morgan fingerprint density at radius 1 is 1.48 bits per heavy atom. The van der Waals surface area contributed by atoms with Crippen LogP contribution in [0.5, 0.6) is 0 Å². The summed E-state index contributed by atoms with van der Waals surface area (Å²) >= 11 is 1.08. The number of thiazole rings is 1. The highest BCUT2D eigenvalue weighted by Crippen LogP contribution is 2.34. The molecule has 3 rings (SSSR count). The molecule has 0 saturated heterocycles. The number of fused-ring (bicyclic) bond motifs is 1. The van der Waals surface area contributed by atoms with Crippen LogP contribution >= 0.6 is 11.3 Å². The van der Waals surface area contributed by atoms with Gasteiger partial charge in [0.15, 0.2) is 5.69 Å². The summed E-state index contributed by atoms with van der Waals surface area (Å²) < 4.78 is 18.2. The minimum absolute atomic E-state index is 0.0137. The number of rotatable bonds is 4. The van der Waals surface area contributed by atoms with Crippen LogP contribution in [-0.4, -0.2) is 29.4 Å². The lowest BCUT2D eigenvalue weighted by molar-refractivity contribution is -0.123. The first-order valence-electron chi connectivity index (χ1n) is 7.50. The molecule has 0 unspecified atom stereocenters. The van der Waals surface area contributed by atoms with Crippen molar-refractivity contribution in [2.75, 3.05) is 17.2 Å². The van der Waals surface area contributed by atoms with E-state index in [1.807, 2.05) is 0 Å². The van der Waals surface area contributed by atoms with Gasteiger partial charge in [-0.15, -0.1) is 11.3 Å². The highest BCUT2D eigenvalue weighted by Gasteiger charge is 2.32. The number of halogens is 1. The van der Waals surface area contributed by atoms with E-state index in [1.165, 1.54) is 23.7 Å². The molecule has 1 aromatic carbocycles. The van der Waals surface area contributed by atoms with Crippen molar-refractivity contribution in [2.24, 2.45) is 0 Å². The molecule has 0 radical (unpaired) electrons. The van der Waals surface area contributed by atoms with Gasteiger partial charge in [0.2, 0.25) is 11.8 Å². The fourth-order valence-corrected chi connectivity index (χ4v) is 3.22. The molecule has 0 bridgehead atoms. The Morgan fingerprint density at radius 2 is 2.28 bits per heavy atom. The summed E-state index contributed by atoms with van der Waals surface area (Å²) in [6.07, 6.45) is -0.0714. The van der Waals surface area contributed by atoms with E-state index in [9.17, 15) is 18.8 Å². The van der Waals surface area contributed by atoms with E-state index in [0.717, 1.165) is 11.3 Å². The Kier molecular flexibility index (Phi) is 4.75. The molecule has 0 spiro atoms. The SMILES string of the molecule is CCOC(=O)c1ncsc1NC(=O)[C@@H]1CC(=O)Nc2cc(F)ccc21. The maximum absolute atomic E-state index is 13.4. The normalized spacial score (nSPS) is 15.9. The minimum atomic E-state index is -0.790. The van der Waals surface area contributed by atoms with Gasteiger partial charge < -0.3 is 15.4 Å². The summed E-state index contributed by atoms with van der Waals surface area (Å²) in [6.45, 7) is 1.85. The largest absolute Gasteiger partial charge is 0.461 e. The van der Waals surface area contributed by atoms with Gasteiger partial charge in [-0.05, 0) is 24.6 Å². The number of amides is 2. The lowest BCUT2D eigenvalue weighted by Crippen LogP contribution is -2.31. The number of carbonyl (C=O) groups excluding carboxylic acids is 3. The second-order valence-corrected chi connectivity index (χ2v) is 6.13. The first kappa shape index (κ1) is 17.0. The van der Waals surface area contributed by atoms with E-state index in [0.29, 0.717) is 5.56 Å². The van der Waals surface area contributed by atoms with E-state index in [-0.39, 0.29) is 35.3 Å². The Bertz CT molecular complexity index is 852. The molecule has 2 aromatic rings. The van der Waals surface area contributed by atoms with E-state index in [2.05, 4.69) is 15.6 Å². The van der Waals surface area contributed by atoms with Crippen molar-refractivity contribution >= 4 is 39.8 Å². The Balaban J connectivity index is 1.85. The van der Waals surface area contributed by atoms with E-state index < -0.39 is 23.6 Å². The summed E-state index contributed by atoms with van der Waals surface area (Å²) in [5.41, 5.74) is 2.21. The fourth-order valence-electron chi connectivity index (χ4n) is 2.55. The van der Waals surface area contributed by atoms with Gasteiger partial charge in [-0.25, -0.2) is 14.2 Å². The summed E-state index contributed by atoms with van der Waals surface area (Å²) in [5.74, 6) is -2.79. The first-order valence-corrected chi connectivity index (χ1v) is 8.38. The maximum atomic E-state index is 13.4. The van der Waals surface area contributed by atoms with Gasteiger partial charge in [-0.3, -0.25) is 9.59 Å². The molecule has 0 aliphatic carbocycles. The summed E-state index contributed by atoms with van der Waals surface area (Å²) in [5, 5.41) is 5.41. The molecule has 2 amide bonds. The quantitative estimate of drug-likeness (QED) is 0.814. The maximum Gasteiger partial charge on any atom is 0.360 e. The zero-order valence-corrected chi connectivity index (χ0v) is 14.0. The van der Waals surface area contributed by atoms with Crippen LogP contribution in [0, 0.1) is 5.82 Å². The van der Waals surface area contributed by atoms with Crippen LogP contribution < -0.4 is 10.6 Å². The Labute approximate surface area is 146 Å². The first-order chi connectivity index (χ1) is 12.0. The summed E-state index contributed by atoms with van der Waals surface area (Å²) in [4.78, 5) is 40.2. The number of hydrogen-bond donors (Lipinski definition) is 2. The summed E-state index contributed by atoms with van der Waals surface area (Å²) in [6, 6.07) is 3.87. The van der Waals surface area contributed by atoms with Gasteiger partial charge in [-0.2, -0.15) is 0 Å². The van der Waals surface area contributed by atoms with Crippen molar-refractivity contribution in [1.29, 1.82) is 0 Å². The van der Waals surface area contributed by atoms with Crippen molar-refractivity contribution in [2.45, 2.75) is 19.3 Å². The Morgan fingerprint density at radius 3 is 3.04 bits per heavy atom. The molecular formula is C16H14FN3O4S. The smallest absolute Gasteiger partial charge is 0.360 e. The minimum Gasteiger partial charge on any atom is -0.461 e. The van der Waals surface area contributed by atoms with Gasteiger partial charge in [0, 0.05) is 12.1 Å². The van der Waals surface area contributed by atoms with Crippen molar-refractivity contribution < 1.29 is 23.5 Å². The van der Waals surface area contributed by atoms with Crippen molar-refractivity contribution in [3.05, 3.63) is 40.8 Å². The fraction of sp³-hybridized carbons (Fsp3) is 0.250. The van der Waals surface area contributed by atoms with Gasteiger partial charge in [0.1, 0.15) is 10.8 Å². The zero-order chi connectivity index (χ0) is 18.0. The van der Waals surface area contributed by atoms with Gasteiger partial charge >= 0.3 is 5.97 Å². The van der Waals surface area contributed by atoms with E-state index in [4.69, 9.17) is 4.74 Å². The van der Waals surface area contributed by atoms with Crippen molar-refractivity contribution in [3.63, 3.8) is 0 Å². The highest BCUT2D eigenvalue weighted by atomic mass is 32.1. The molecule has 9 heteroatoms. The topological polar surface area (TPSA) is 97.4 Å². The number of esters is 1. The average molecular weight is 363 g/mol. The van der Waals surface area contributed by atoms with Crippen LogP contribution in [0.25, 0.3) is 0 Å². The number of nitrogens with zero attached hydrogens (tertiary/aromatic N) is 1.